The molecule has 1 N–H and O–H groups in total. The Labute approximate surface area is 267 Å². The summed E-state index contributed by atoms with van der Waals surface area (Å²) in [6, 6.07) is 58.0. The Bertz CT molecular complexity index is 2670. The first-order valence-electron chi connectivity index (χ1n) is 16.1. The zero-order chi connectivity index (χ0) is 30.2. The molecule has 0 unspecified atom stereocenters. The Hall–Kier alpha value is -5.92. The molecule has 1 aliphatic rings. The van der Waals surface area contributed by atoms with Gasteiger partial charge in [-0.25, -0.2) is 0 Å². The van der Waals surface area contributed by atoms with E-state index in [1.807, 2.05) is 0 Å². The molecule has 0 saturated carbocycles. The first-order valence-corrected chi connectivity index (χ1v) is 16.1. The Kier molecular flexibility index (Phi) is 5.41. The average molecular weight is 584 g/mol. The molecule has 0 amide bonds. The summed E-state index contributed by atoms with van der Waals surface area (Å²) in [5.41, 5.74) is 15.3. The number of nitrogens with one attached hydrogen (secondary N) is 1. The van der Waals surface area contributed by atoms with E-state index in [0.717, 1.165) is 6.42 Å². The van der Waals surface area contributed by atoms with Gasteiger partial charge in [-0.15, -0.1) is 0 Å². The second-order valence-corrected chi connectivity index (χ2v) is 12.6. The largest absolute Gasteiger partial charge is 0.353 e. The molecule has 0 atom stereocenters. The van der Waals surface area contributed by atoms with E-state index < -0.39 is 0 Å². The Balaban J connectivity index is 1.10. The molecule has 0 bridgehead atoms. The van der Waals surface area contributed by atoms with E-state index in [2.05, 4.69) is 163 Å². The zero-order valence-electron chi connectivity index (χ0n) is 25.2. The lowest BCUT2D eigenvalue weighted by Crippen LogP contribution is -1.86. The third-order valence-corrected chi connectivity index (χ3v) is 10.0. The Morgan fingerprint density at radius 3 is 1.67 bits per heavy atom. The summed E-state index contributed by atoms with van der Waals surface area (Å²) in [6.45, 7) is 0. The van der Waals surface area contributed by atoms with E-state index in [4.69, 9.17) is 0 Å². The van der Waals surface area contributed by atoms with Crippen LogP contribution in [0.4, 0.5) is 0 Å². The lowest BCUT2D eigenvalue weighted by molar-refractivity contribution is 1.26. The van der Waals surface area contributed by atoms with Gasteiger partial charge in [-0.2, -0.15) is 0 Å². The molecule has 0 spiro atoms. The molecule has 0 radical (unpaired) electrons. The van der Waals surface area contributed by atoms with Crippen LogP contribution in [0.3, 0.4) is 0 Å². The Morgan fingerprint density at radius 1 is 0.326 bits per heavy atom. The van der Waals surface area contributed by atoms with Crippen molar-refractivity contribution >= 4 is 43.4 Å². The maximum Gasteiger partial charge on any atom is 0.0551 e. The second-order valence-electron chi connectivity index (χ2n) is 12.6. The number of fused-ring (bicyclic) bond motifs is 11. The van der Waals surface area contributed by atoms with Gasteiger partial charge in [0.2, 0.25) is 0 Å². The van der Waals surface area contributed by atoms with Crippen LogP contribution in [-0.2, 0) is 6.42 Å². The van der Waals surface area contributed by atoms with Crippen LogP contribution in [0.2, 0.25) is 0 Å². The molecule has 46 heavy (non-hydrogen) atoms. The van der Waals surface area contributed by atoms with Crippen molar-refractivity contribution in [2.45, 2.75) is 6.42 Å². The number of benzene rings is 8. The van der Waals surface area contributed by atoms with Gasteiger partial charge in [0.15, 0.2) is 0 Å². The molecule has 10 rings (SSSR count). The number of aromatic amines is 1. The molecule has 214 valence electrons. The first kappa shape index (κ1) is 25.4. The molecule has 0 fully saturated rings. The van der Waals surface area contributed by atoms with Crippen LogP contribution in [0.5, 0.6) is 0 Å². The summed E-state index contributed by atoms with van der Waals surface area (Å²) in [7, 11) is 0. The summed E-state index contributed by atoms with van der Waals surface area (Å²) in [6.07, 6.45) is 1.02. The lowest BCUT2D eigenvalue weighted by Gasteiger charge is -2.10. The number of aromatic nitrogens is 1. The van der Waals surface area contributed by atoms with E-state index in [1.165, 1.54) is 99.0 Å². The van der Waals surface area contributed by atoms with Crippen molar-refractivity contribution in [3.8, 4) is 44.5 Å². The average Bonchev–Trinajstić information content (AvgIpc) is 3.71. The minimum Gasteiger partial charge on any atom is -0.353 e. The van der Waals surface area contributed by atoms with Crippen LogP contribution < -0.4 is 0 Å². The van der Waals surface area contributed by atoms with E-state index >= 15 is 0 Å². The molecule has 1 nitrogen and oxygen atoms in total. The van der Waals surface area contributed by atoms with Gasteiger partial charge < -0.3 is 4.98 Å². The molecule has 1 aromatic heterocycles. The quantitative estimate of drug-likeness (QED) is 0.199. The number of H-pyrrole nitrogens is 1. The van der Waals surface area contributed by atoms with Crippen LogP contribution in [0.1, 0.15) is 11.1 Å². The summed E-state index contributed by atoms with van der Waals surface area (Å²) in [5.74, 6) is 0. The third-order valence-electron chi connectivity index (χ3n) is 10.0. The van der Waals surface area contributed by atoms with Crippen LogP contribution in [0.15, 0.2) is 158 Å². The van der Waals surface area contributed by atoms with Crippen molar-refractivity contribution < 1.29 is 0 Å². The van der Waals surface area contributed by atoms with E-state index in [1.54, 1.807) is 0 Å². The molecule has 8 aromatic carbocycles. The van der Waals surface area contributed by atoms with Crippen LogP contribution >= 0.6 is 0 Å². The van der Waals surface area contributed by atoms with Gasteiger partial charge in [0.25, 0.3) is 0 Å². The smallest absolute Gasteiger partial charge is 0.0551 e. The van der Waals surface area contributed by atoms with Gasteiger partial charge in [-0.05, 0) is 90.8 Å². The summed E-state index contributed by atoms with van der Waals surface area (Å²) >= 11 is 0. The van der Waals surface area contributed by atoms with Gasteiger partial charge >= 0.3 is 0 Å². The fourth-order valence-corrected chi connectivity index (χ4v) is 7.86. The van der Waals surface area contributed by atoms with Crippen LogP contribution in [-0.4, -0.2) is 4.98 Å². The van der Waals surface area contributed by atoms with Gasteiger partial charge in [0.1, 0.15) is 0 Å². The minimum atomic E-state index is 1.02. The van der Waals surface area contributed by atoms with E-state index in [-0.39, 0.29) is 0 Å². The van der Waals surface area contributed by atoms with Gasteiger partial charge in [-0.3, -0.25) is 0 Å². The fraction of sp³-hybridized carbons (Fsp3) is 0.0222. The van der Waals surface area contributed by atoms with Crippen molar-refractivity contribution in [3.63, 3.8) is 0 Å². The summed E-state index contributed by atoms with van der Waals surface area (Å²) in [4.78, 5) is 3.90. The number of rotatable bonds is 3. The van der Waals surface area contributed by atoms with E-state index in [9.17, 15) is 0 Å². The summed E-state index contributed by atoms with van der Waals surface area (Å²) in [5, 5.41) is 7.70. The molecular weight excluding hydrogens is 555 g/mol. The minimum absolute atomic E-state index is 1.02. The van der Waals surface area contributed by atoms with Crippen LogP contribution in [0.25, 0.3) is 87.9 Å². The number of hydrogen-bond acceptors (Lipinski definition) is 0. The van der Waals surface area contributed by atoms with Gasteiger partial charge in [-0.1, -0.05) is 140 Å². The molecule has 9 aromatic rings. The highest BCUT2D eigenvalue weighted by atomic mass is 14.7. The fourth-order valence-electron chi connectivity index (χ4n) is 7.86. The molecule has 0 saturated heterocycles. The standard InChI is InChI=1S/C45H29N/c1-2-15-35-32(10-1)26-34-23-22-31(27-42(34)35)29-12-7-11-28(24-29)30-13-8-14-33(25-30)36-20-9-21-41-43-39-18-5-3-16-37(39)38-17-4-6-19-40(38)45(43)46-44(36)41/h1-25,27,46H,26H2. The zero-order valence-corrected chi connectivity index (χ0v) is 25.2. The monoisotopic (exact) mass is 583 g/mol. The SMILES string of the molecule is c1cc(-c2cccc(-c3cccc4c3[nH]c3c5ccccc5c5ccccc5c43)c2)cc(-c2ccc3c(c2)-c2ccccc2C3)c1. The predicted molar refractivity (Wildman–Crippen MR) is 195 cm³/mol. The number of para-hydroxylation sites is 1. The summed E-state index contributed by atoms with van der Waals surface area (Å²) < 4.78 is 0. The molecule has 1 heterocycles. The molecule has 0 aliphatic heterocycles. The van der Waals surface area contributed by atoms with Crippen LogP contribution in [0, 0.1) is 0 Å². The topological polar surface area (TPSA) is 15.8 Å². The van der Waals surface area contributed by atoms with Crippen molar-refractivity contribution in [2.24, 2.45) is 0 Å². The Morgan fingerprint density at radius 2 is 0.870 bits per heavy atom. The normalized spacial score (nSPS) is 12.3. The van der Waals surface area contributed by atoms with Crippen molar-refractivity contribution in [1.82, 2.24) is 4.98 Å². The van der Waals surface area contributed by atoms with Gasteiger partial charge in [0.05, 0.1) is 11.0 Å². The third kappa shape index (κ3) is 3.76. The van der Waals surface area contributed by atoms with Gasteiger partial charge in [0, 0.05) is 21.7 Å². The second kappa shape index (κ2) is 9.79. The van der Waals surface area contributed by atoms with E-state index in [0.29, 0.717) is 0 Å². The first-order chi connectivity index (χ1) is 22.8. The lowest BCUT2D eigenvalue weighted by atomic mass is 9.93. The molecule has 1 heteroatoms. The van der Waals surface area contributed by atoms with Crippen molar-refractivity contribution in [3.05, 3.63) is 169 Å². The molecule has 1 aliphatic carbocycles. The highest BCUT2D eigenvalue weighted by Gasteiger charge is 2.19. The maximum atomic E-state index is 3.90. The van der Waals surface area contributed by atoms with Crippen molar-refractivity contribution in [2.75, 3.05) is 0 Å². The maximum absolute atomic E-state index is 3.90. The predicted octanol–water partition coefficient (Wildman–Crippen LogP) is 12.2. The highest BCUT2D eigenvalue weighted by Crippen LogP contribution is 2.42. The molecular formula is C45H29N. The number of hydrogen-bond donors (Lipinski definition) is 1. The van der Waals surface area contributed by atoms with Crippen molar-refractivity contribution in [1.29, 1.82) is 0 Å². The highest BCUT2D eigenvalue weighted by molar-refractivity contribution is 6.32.